The summed E-state index contributed by atoms with van der Waals surface area (Å²) in [7, 11) is 0. The SMILES string of the molecule is C=CO.C[S+](C)[O-]. The molecule has 0 unspecified atom stereocenters. The maximum atomic E-state index is 9.56. The molecule has 1 N–H and O–H groups in total. The molecule has 0 radical (unpaired) electrons. The molecule has 3 heteroatoms. The zero-order valence-corrected chi connectivity index (χ0v) is 5.36. The van der Waals surface area contributed by atoms with Crippen molar-refractivity contribution in [2.75, 3.05) is 12.5 Å². The van der Waals surface area contributed by atoms with Gasteiger partial charge in [0.2, 0.25) is 0 Å². The Balaban J connectivity index is 0. The number of aliphatic hydroxyl groups excluding tert-OH is 1. The average molecular weight is 122 g/mol. The third-order valence-corrected chi connectivity index (χ3v) is 0. The highest BCUT2D eigenvalue weighted by molar-refractivity contribution is 7.89. The lowest BCUT2D eigenvalue weighted by Gasteiger charge is -1.87. The fourth-order valence-corrected chi connectivity index (χ4v) is 0. The molecule has 0 bridgehead atoms. The van der Waals surface area contributed by atoms with Crippen LogP contribution in [0.1, 0.15) is 0 Å². The predicted molar refractivity (Wildman–Crippen MR) is 32.8 cm³/mol. The molecule has 0 aliphatic rings. The van der Waals surface area contributed by atoms with E-state index in [1.54, 1.807) is 12.5 Å². The molecule has 0 aliphatic carbocycles. The van der Waals surface area contributed by atoms with Gasteiger partial charge >= 0.3 is 0 Å². The van der Waals surface area contributed by atoms with Gasteiger partial charge in [0.1, 0.15) is 0 Å². The Hall–Kier alpha value is -0.150. The van der Waals surface area contributed by atoms with E-state index in [-0.39, 0.29) is 0 Å². The molecule has 0 heterocycles. The van der Waals surface area contributed by atoms with Gasteiger partial charge in [0.05, 0.1) is 18.8 Å². The van der Waals surface area contributed by atoms with E-state index >= 15 is 0 Å². The lowest BCUT2D eigenvalue weighted by atomic mass is 11.2. The van der Waals surface area contributed by atoms with Crippen molar-refractivity contribution in [2.45, 2.75) is 0 Å². The summed E-state index contributed by atoms with van der Waals surface area (Å²) >= 11 is -0.611. The van der Waals surface area contributed by atoms with Crippen LogP contribution in [0.4, 0.5) is 0 Å². The molecule has 0 aromatic rings. The van der Waals surface area contributed by atoms with Gasteiger partial charge in [0.15, 0.2) is 0 Å². The summed E-state index contributed by atoms with van der Waals surface area (Å²) in [6.07, 6.45) is 4.03. The summed E-state index contributed by atoms with van der Waals surface area (Å²) in [5.41, 5.74) is 0. The molecule has 0 aliphatic heterocycles. The molecule has 0 spiro atoms. The first-order chi connectivity index (χ1) is 3.15. The Labute approximate surface area is 47.0 Å². The lowest BCUT2D eigenvalue weighted by molar-refractivity contribution is 0.476. The van der Waals surface area contributed by atoms with Gasteiger partial charge in [-0.05, 0) is 0 Å². The van der Waals surface area contributed by atoms with Crippen molar-refractivity contribution >= 4 is 11.2 Å². The van der Waals surface area contributed by atoms with E-state index in [9.17, 15) is 4.55 Å². The summed E-state index contributed by atoms with van der Waals surface area (Å²) in [5, 5.41) is 7.33. The molecule has 0 aromatic heterocycles. The summed E-state index contributed by atoms with van der Waals surface area (Å²) in [4.78, 5) is 0. The summed E-state index contributed by atoms with van der Waals surface area (Å²) in [6, 6.07) is 0. The Morgan fingerprint density at radius 2 is 1.71 bits per heavy atom. The molecule has 0 saturated heterocycles. The smallest absolute Gasteiger partial charge is 0.0946 e. The van der Waals surface area contributed by atoms with E-state index in [0.29, 0.717) is 0 Å². The third-order valence-electron chi connectivity index (χ3n) is 0. The number of hydrogen-bond donors (Lipinski definition) is 1. The van der Waals surface area contributed by atoms with E-state index < -0.39 is 11.2 Å². The van der Waals surface area contributed by atoms with Crippen molar-refractivity contribution in [2.24, 2.45) is 0 Å². The zero-order valence-electron chi connectivity index (χ0n) is 4.55. The summed E-state index contributed by atoms with van der Waals surface area (Å²) < 4.78 is 9.56. The summed E-state index contributed by atoms with van der Waals surface area (Å²) in [5.74, 6) is 0. The highest BCUT2D eigenvalue weighted by atomic mass is 32.2. The fourth-order valence-electron chi connectivity index (χ4n) is 0. The predicted octanol–water partition coefficient (Wildman–Crippen LogP) is 0.683. The number of hydrogen-bond acceptors (Lipinski definition) is 2. The number of rotatable bonds is 0. The average Bonchev–Trinajstić information content (AvgIpc) is 1.33. The van der Waals surface area contributed by atoms with Crippen LogP contribution in [0, 0.1) is 0 Å². The molecule has 0 saturated carbocycles. The van der Waals surface area contributed by atoms with Crippen LogP contribution >= 0.6 is 0 Å². The van der Waals surface area contributed by atoms with Gasteiger partial charge in [0.25, 0.3) is 0 Å². The monoisotopic (exact) mass is 122 g/mol. The highest BCUT2D eigenvalue weighted by Gasteiger charge is 1.66. The van der Waals surface area contributed by atoms with Gasteiger partial charge < -0.3 is 9.66 Å². The standard InChI is InChI=1S/C2H6OS.C2H4O/c1-4(2)3;1-2-3/h1-2H3;2-3H,1H2. The molecule has 0 fully saturated rings. The Morgan fingerprint density at radius 1 is 1.71 bits per heavy atom. The second-order valence-electron chi connectivity index (χ2n) is 0.924. The molecule has 0 rings (SSSR count). The van der Waals surface area contributed by atoms with Crippen molar-refractivity contribution < 1.29 is 9.66 Å². The Bertz CT molecular complexity index is 33.9. The largest absolute Gasteiger partial charge is 0.617 e. The first-order valence-corrected chi connectivity index (χ1v) is 3.62. The van der Waals surface area contributed by atoms with E-state index in [1.165, 1.54) is 0 Å². The van der Waals surface area contributed by atoms with E-state index in [4.69, 9.17) is 5.11 Å². The topological polar surface area (TPSA) is 43.3 Å². The first kappa shape index (κ1) is 9.97. The van der Waals surface area contributed by atoms with Gasteiger partial charge in [-0.15, -0.1) is 0 Å². The van der Waals surface area contributed by atoms with Crippen LogP contribution in [0.25, 0.3) is 0 Å². The molecular weight excluding hydrogens is 112 g/mol. The quantitative estimate of drug-likeness (QED) is 0.379. The van der Waals surface area contributed by atoms with Crippen molar-refractivity contribution in [1.29, 1.82) is 0 Å². The fraction of sp³-hybridized carbons (Fsp3) is 0.500. The minimum Gasteiger partial charge on any atom is -0.617 e. The van der Waals surface area contributed by atoms with Crippen LogP contribution in [0.5, 0.6) is 0 Å². The van der Waals surface area contributed by atoms with Gasteiger partial charge in [0, 0.05) is 0 Å². The minimum atomic E-state index is -0.611. The second kappa shape index (κ2) is 9.28. The first-order valence-electron chi connectivity index (χ1n) is 1.65. The Kier molecular flexibility index (Phi) is 13.2. The van der Waals surface area contributed by atoms with Crippen LogP contribution in [0.3, 0.4) is 0 Å². The van der Waals surface area contributed by atoms with Crippen molar-refractivity contribution in [3.63, 3.8) is 0 Å². The normalized spacial score (nSPS) is 6.86. The van der Waals surface area contributed by atoms with Crippen LogP contribution in [-0.2, 0) is 11.2 Å². The van der Waals surface area contributed by atoms with Gasteiger partial charge in [-0.25, -0.2) is 0 Å². The van der Waals surface area contributed by atoms with Crippen LogP contribution < -0.4 is 0 Å². The highest BCUT2D eigenvalue weighted by Crippen LogP contribution is 1.61. The molecule has 2 nitrogen and oxygen atoms in total. The van der Waals surface area contributed by atoms with E-state index in [1.807, 2.05) is 0 Å². The van der Waals surface area contributed by atoms with Crippen LogP contribution in [0.2, 0.25) is 0 Å². The van der Waals surface area contributed by atoms with Gasteiger partial charge in [-0.1, -0.05) is 17.8 Å². The molecule has 0 aromatic carbocycles. The molecule has 0 amide bonds. The van der Waals surface area contributed by atoms with E-state index in [0.717, 1.165) is 6.26 Å². The lowest BCUT2D eigenvalue weighted by Crippen LogP contribution is -1.86. The van der Waals surface area contributed by atoms with Crippen molar-refractivity contribution in [3.8, 4) is 0 Å². The van der Waals surface area contributed by atoms with Gasteiger partial charge in [-0.2, -0.15) is 0 Å². The van der Waals surface area contributed by atoms with Crippen LogP contribution in [0.15, 0.2) is 12.8 Å². The van der Waals surface area contributed by atoms with Gasteiger partial charge in [-0.3, -0.25) is 0 Å². The minimum absolute atomic E-state index is 0.611. The van der Waals surface area contributed by atoms with Crippen molar-refractivity contribution in [1.82, 2.24) is 0 Å². The van der Waals surface area contributed by atoms with Crippen LogP contribution in [-0.4, -0.2) is 22.2 Å². The maximum absolute atomic E-state index is 9.56. The molecule has 7 heavy (non-hydrogen) atoms. The molecule has 0 atom stereocenters. The Morgan fingerprint density at radius 3 is 1.71 bits per heavy atom. The van der Waals surface area contributed by atoms with E-state index in [2.05, 4.69) is 6.58 Å². The van der Waals surface area contributed by atoms with Crippen molar-refractivity contribution in [3.05, 3.63) is 12.8 Å². The third kappa shape index (κ3) is 3850. The number of aliphatic hydroxyl groups is 1. The second-order valence-corrected chi connectivity index (χ2v) is 2.41. The molecular formula is C4H10O2S. The maximum Gasteiger partial charge on any atom is 0.0946 e. The zero-order chi connectivity index (χ0) is 6.28. The summed E-state index contributed by atoms with van der Waals surface area (Å²) in [6.45, 7) is 2.92. The molecule has 44 valence electrons.